The minimum atomic E-state index is -3.37. The molecule has 0 spiro atoms. The van der Waals surface area contributed by atoms with E-state index in [2.05, 4.69) is 14.9 Å². The van der Waals surface area contributed by atoms with E-state index in [0.717, 1.165) is 32.3 Å². The van der Waals surface area contributed by atoms with E-state index in [9.17, 15) is 13.2 Å². The molecule has 0 aliphatic carbocycles. The number of benzene rings is 1. The highest BCUT2D eigenvalue weighted by Gasteiger charge is 2.13. The summed E-state index contributed by atoms with van der Waals surface area (Å²) in [6, 6.07) is 4.47. The summed E-state index contributed by atoms with van der Waals surface area (Å²) < 4.78 is 24.7. The second-order valence-corrected chi connectivity index (χ2v) is 7.88. The second kappa shape index (κ2) is 7.99. The predicted octanol–water partition coefficient (Wildman–Crippen LogP) is 1.93. The lowest BCUT2D eigenvalue weighted by molar-refractivity contribution is 0.0952. The molecular formula is C15H22ClN3O3S. The van der Waals surface area contributed by atoms with Crippen LogP contribution in [-0.2, 0) is 10.0 Å². The molecule has 1 aliphatic heterocycles. The average Bonchev–Trinajstić information content (AvgIpc) is 2.95. The van der Waals surface area contributed by atoms with Crippen LogP contribution in [0.4, 0.5) is 5.69 Å². The molecule has 1 aliphatic rings. The first-order chi connectivity index (χ1) is 10.8. The second-order valence-electron chi connectivity index (χ2n) is 5.73. The van der Waals surface area contributed by atoms with E-state index in [4.69, 9.17) is 11.6 Å². The summed E-state index contributed by atoms with van der Waals surface area (Å²) >= 11 is 6.07. The molecule has 1 amide bonds. The van der Waals surface area contributed by atoms with Crippen molar-refractivity contribution in [3.8, 4) is 0 Å². The van der Waals surface area contributed by atoms with Crippen molar-refractivity contribution in [3.63, 3.8) is 0 Å². The lowest BCUT2D eigenvalue weighted by Crippen LogP contribution is -2.28. The molecule has 1 saturated heterocycles. The van der Waals surface area contributed by atoms with Gasteiger partial charge in [0.1, 0.15) is 0 Å². The van der Waals surface area contributed by atoms with Crippen molar-refractivity contribution in [3.05, 3.63) is 28.8 Å². The Balaban J connectivity index is 1.84. The highest BCUT2D eigenvalue weighted by molar-refractivity contribution is 7.92. The minimum absolute atomic E-state index is 0.218. The van der Waals surface area contributed by atoms with Gasteiger partial charge in [-0.3, -0.25) is 9.52 Å². The summed E-state index contributed by atoms with van der Waals surface area (Å²) in [4.78, 5) is 14.5. The largest absolute Gasteiger partial charge is 0.352 e. The Kier molecular flexibility index (Phi) is 6.26. The number of carbonyl (C=O) groups is 1. The number of amides is 1. The number of rotatable bonds is 7. The van der Waals surface area contributed by atoms with Crippen LogP contribution in [0.5, 0.6) is 0 Å². The molecule has 2 N–H and O–H groups in total. The zero-order chi connectivity index (χ0) is 16.9. The molecule has 23 heavy (non-hydrogen) atoms. The molecule has 0 bridgehead atoms. The van der Waals surface area contributed by atoms with E-state index >= 15 is 0 Å². The maximum Gasteiger partial charge on any atom is 0.252 e. The first-order valence-electron chi connectivity index (χ1n) is 7.63. The standard InChI is InChI=1S/C15H22ClN3O3S/c1-23(21,22)18-12-5-6-13(14(16)11-12)15(20)17-7-4-10-19-8-2-3-9-19/h5-6,11,18H,2-4,7-10H2,1H3,(H,17,20). The Labute approximate surface area is 142 Å². The van der Waals surface area contributed by atoms with Crippen LogP contribution in [0.2, 0.25) is 5.02 Å². The Morgan fingerprint density at radius 2 is 2.00 bits per heavy atom. The number of anilines is 1. The molecule has 0 radical (unpaired) electrons. The predicted molar refractivity (Wildman–Crippen MR) is 92.5 cm³/mol. The van der Waals surface area contributed by atoms with E-state index < -0.39 is 10.0 Å². The number of nitrogens with zero attached hydrogens (tertiary/aromatic N) is 1. The summed E-state index contributed by atoms with van der Waals surface area (Å²) in [6.07, 6.45) is 4.48. The third kappa shape index (κ3) is 6.01. The van der Waals surface area contributed by atoms with Gasteiger partial charge in [0.05, 0.1) is 16.8 Å². The first kappa shape index (κ1) is 18.0. The van der Waals surface area contributed by atoms with Gasteiger partial charge in [-0.25, -0.2) is 8.42 Å². The van der Waals surface area contributed by atoms with Crippen LogP contribution >= 0.6 is 11.6 Å². The maximum absolute atomic E-state index is 12.1. The maximum atomic E-state index is 12.1. The molecule has 128 valence electrons. The zero-order valence-electron chi connectivity index (χ0n) is 13.1. The fourth-order valence-electron chi connectivity index (χ4n) is 2.58. The molecule has 8 heteroatoms. The summed E-state index contributed by atoms with van der Waals surface area (Å²) in [5.41, 5.74) is 0.676. The van der Waals surface area contributed by atoms with E-state index in [1.165, 1.54) is 31.0 Å². The van der Waals surface area contributed by atoms with Crippen LogP contribution < -0.4 is 10.0 Å². The SMILES string of the molecule is CS(=O)(=O)Nc1ccc(C(=O)NCCCN2CCCC2)c(Cl)c1. The Morgan fingerprint density at radius 3 is 2.61 bits per heavy atom. The summed E-state index contributed by atoms with van der Waals surface area (Å²) in [7, 11) is -3.37. The van der Waals surface area contributed by atoms with E-state index in [-0.39, 0.29) is 10.9 Å². The molecule has 0 aromatic heterocycles. The van der Waals surface area contributed by atoms with Gasteiger partial charge in [0, 0.05) is 12.2 Å². The number of likely N-dealkylation sites (tertiary alicyclic amines) is 1. The summed E-state index contributed by atoms with van der Waals surface area (Å²) in [6.45, 7) is 3.88. The molecule has 1 fully saturated rings. The molecular weight excluding hydrogens is 338 g/mol. The lowest BCUT2D eigenvalue weighted by atomic mass is 10.2. The van der Waals surface area contributed by atoms with Gasteiger partial charge in [0.25, 0.3) is 5.91 Å². The van der Waals surface area contributed by atoms with Crippen molar-refractivity contribution in [1.82, 2.24) is 10.2 Å². The number of hydrogen-bond donors (Lipinski definition) is 2. The van der Waals surface area contributed by atoms with Gasteiger partial charge in [-0.15, -0.1) is 0 Å². The number of carbonyl (C=O) groups excluding carboxylic acids is 1. The third-order valence-corrected chi connectivity index (χ3v) is 4.57. The van der Waals surface area contributed by atoms with Crippen molar-refractivity contribution >= 4 is 33.2 Å². The van der Waals surface area contributed by atoms with Gasteiger partial charge in [0.2, 0.25) is 10.0 Å². The van der Waals surface area contributed by atoms with E-state index in [1.54, 1.807) is 0 Å². The average molecular weight is 360 g/mol. The number of halogens is 1. The number of nitrogens with one attached hydrogen (secondary N) is 2. The molecule has 6 nitrogen and oxygen atoms in total. The van der Waals surface area contributed by atoms with Gasteiger partial charge in [-0.1, -0.05) is 11.6 Å². The van der Waals surface area contributed by atoms with Crippen LogP contribution in [0.1, 0.15) is 29.6 Å². The van der Waals surface area contributed by atoms with Gasteiger partial charge in [0.15, 0.2) is 0 Å². The molecule has 0 saturated carbocycles. The van der Waals surface area contributed by atoms with Crippen LogP contribution in [0.25, 0.3) is 0 Å². The first-order valence-corrected chi connectivity index (χ1v) is 9.90. The van der Waals surface area contributed by atoms with Gasteiger partial charge >= 0.3 is 0 Å². The van der Waals surface area contributed by atoms with Gasteiger partial charge in [-0.2, -0.15) is 0 Å². The van der Waals surface area contributed by atoms with Crippen molar-refractivity contribution in [1.29, 1.82) is 0 Å². The quantitative estimate of drug-likeness (QED) is 0.729. The van der Waals surface area contributed by atoms with Crippen LogP contribution in [0.15, 0.2) is 18.2 Å². The molecule has 1 aromatic carbocycles. The van der Waals surface area contributed by atoms with Crippen LogP contribution in [0.3, 0.4) is 0 Å². The van der Waals surface area contributed by atoms with Crippen molar-refractivity contribution < 1.29 is 13.2 Å². The van der Waals surface area contributed by atoms with Crippen molar-refractivity contribution in [2.75, 3.05) is 37.2 Å². The normalized spacial score (nSPS) is 15.6. The molecule has 2 rings (SSSR count). The number of sulfonamides is 1. The highest BCUT2D eigenvalue weighted by Crippen LogP contribution is 2.21. The van der Waals surface area contributed by atoms with Crippen molar-refractivity contribution in [2.45, 2.75) is 19.3 Å². The Bertz CT molecular complexity index is 658. The third-order valence-electron chi connectivity index (χ3n) is 3.65. The number of hydrogen-bond acceptors (Lipinski definition) is 4. The van der Waals surface area contributed by atoms with Gasteiger partial charge < -0.3 is 10.2 Å². The van der Waals surface area contributed by atoms with Crippen LogP contribution in [-0.4, -0.2) is 51.7 Å². The monoisotopic (exact) mass is 359 g/mol. The lowest BCUT2D eigenvalue weighted by Gasteiger charge is -2.14. The fourth-order valence-corrected chi connectivity index (χ4v) is 3.40. The fraction of sp³-hybridized carbons (Fsp3) is 0.533. The zero-order valence-corrected chi connectivity index (χ0v) is 14.7. The molecule has 1 aromatic rings. The van der Waals surface area contributed by atoms with Crippen molar-refractivity contribution in [2.24, 2.45) is 0 Å². The molecule has 0 atom stereocenters. The Hall–Kier alpha value is -1.31. The highest BCUT2D eigenvalue weighted by atomic mass is 35.5. The summed E-state index contributed by atoms with van der Waals surface area (Å²) in [5.74, 6) is -0.248. The van der Waals surface area contributed by atoms with Crippen LogP contribution in [0, 0.1) is 0 Å². The van der Waals surface area contributed by atoms with E-state index in [0.29, 0.717) is 17.8 Å². The van der Waals surface area contributed by atoms with E-state index in [1.807, 2.05) is 0 Å². The summed E-state index contributed by atoms with van der Waals surface area (Å²) in [5, 5.41) is 3.06. The topological polar surface area (TPSA) is 78.5 Å². The minimum Gasteiger partial charge on any atom is -0.352 e. The molecule has 0 unspecified atom stereocenters. The Morgan fingerprint density at radius 1 is 1.30 bits per heavy atom. The molecule has 1 heterocycles. The van der Waals surface area contributed by atoms with Gasteiger partial charge in [-0.05, 0) is 57.1 Å². The smallest absolute Gasteiger partial charge is 0.252 e.